The van der Waals surface area contributed by atoms with Crippen LogP contribution in [0.25, 0.3) is 0 Å². The van der Waals surface area contributed by atoms with Crippen molar-refractivity contribution in [3.63, 3.8) is 0 Å². The van der Waals surface area contributed by atoms with Crippen molar-refractivity contribution >= 4 is 51.6 Å². The van der Waals surface area contributed by atoms with Crippen LogP contribution in [0.5, 0.6) is 0 Å². The van der Waals surface area contributed by atoms with E-state index in [2.05, 4.69) is 0 Å². The second-order valence-electron chi connectivity index (χ2n) is 2.89. The van der Waals surface area contributed by atoms with Crippen molar-refractivity contribution in [1.82, 2.24) is 0 Å². The van der Waals surface area contributed by atoms with Crippen LogP contribution in [-0.2, 0) is 10.1 Å². The van der Waals surface area contributed by atoms with E-state index in [9.17, 15) is 18.0 Å². The summed E-state index contributed by atoms with van der Waals surface area (Å²) >= 11 is 0. The number of benzene rings is 1. The monoisotopic (exact) mass is 269 g/mol. The molecule has 0 aromatic heterocycles. The van der Waals surface area contributed by atoms with Crippen molar-refractivity contribution < 1.29 is 27.7 Å². The molecule has 0 unspecified atom stereocenters. The molecule has 0 atom stereocenters. The van der Waals surface area contributed by atoms with Gasteiger partial charge in [0.2, 0.25) is 5.91 Å². The number of rotatable bonds is 3. The predicted molar refractivity (Wildman–Crippen MR) is 58.9 cm³/mol. The number of amides is 1. The number of carbonyl (C=O) groups excluding carboxylic acids is 1. The first-order chi connectivity index (χ1) is 7.21. The van der Waals surface area contributed by atoms with Gasteiger partial charge in [0.25, 0.3) is 10.1 Å². The number of nitrogens with two attached hydrogens (primary N) is 1. The van der Waals surface area contributed by atoms with Gasteiger partial charge in [-0.1, -0.05) is 0 Å². The molecule has 0 aliphatic rings. The number of hydrogen-bond acceptors (Lipinski definition) is 4. The van der Waals surface area contributed by atoms with Gasteiger partial charge in [0.15, 0.2) is 0 Å². The molecule has 0 saturated carbocycles. The molecule has 1 aromatic rings. The molecular weight excluding hydrogens is 261 g/mol. The maximum atomic E-state index is 10.8. The van der Waals surface area contributed by atoms with Crippen LogP contribution in [0, 0.1) is 0 Å². The van der Waals surface area contributed by atoms with Crippen molar-refractivity contribution in [2.75, 3.05) is 0 Å². The van der Waals surface area contributed by atoms with Gasteiger partial charge in [-0.05, 0) is 18.2 Å². The third-order valence-electron chi connectivity index (χ3n) is 1.74. The molecule has 0 aliphatic heterocycles. The third-order valence-corrected chi connectivity index (χ3v) is 2.57. The van der Waals surface area contributed by atoms with E-state index in [0.717, 1.165) is 18.2 Å². The summed E-state index contributed by atoms with van der Waals surface area (Å²) in [6.07, 6.45) is 0. The van der Waals surface area contributed by atoms with E-state index < -0.39 is 32.5 Å². The Morgan fingerprint density at radius 1 is 1.12 bits per heavy atom. The molecule has 1 amide bonds. The zero-order chi connectivity index (χ0) is 12.5. The van der Waals surface area contributed by atoms with E-state index in [1.54, 1.807) is 0 Å². The summed E-state index contributed by atoms with van der Waals surface area (Å²) in [7, 11) is -4.59. The van der Waals surface area contributed by atoms with Gasteiger partial charge in [-0.25, -0.2) is 4.79 Å². The SMILES string of the molecule is NC(=O)c1cc(C(=O)O)cc(S(=O)(=O)O)c1.[NaH]. The van der Waals surface area contributed by atoms with Crippen LogP contribution >= 0.6 is 0 Å². The Labute approximate surface area is 119 Å². The molecule has 4 N–H and O–H groups in total. The Morgan fingerprint density at radius 2 is 1.59 bits per heavy atom. The Hall–Kier alpha value is -0.930. The van der Waals surface area contributed by atoms with E-state index in [1.165, 1.54) is 0 Å². The first-order valence-corrected chi connectivity index (χ1v) is 5.31. The molecule has 7 nitrogen and oxygen atoms in total. The molecule has 0 heterocycles. The molecule has 0 spiro atoms. The quantitative estimate of drug-likeness (QED) is 0.480. The minimum atomic E-state index is -4.59. The second kappa shape index (κ2) is 5.61. The summed E-state index contributed by atoms with van der Waals surface area (Å²) in [4.78, 5) is 20.7. The van der Waals surface area contributed by atoms with Crippen LogP contribution in [0.3, 0.4) is 0 Å². The van der Waals surface area contributed by atoms with Gasteiger partial charge >= 0.3 is 35.5 Å². The summed E-state index contributed by atoms with van der Waals surface area (Å²) < 4.78 is 30.3. The zero-order valence-corrected chi connectivity index (χ0v) is 8.56. The van der Waals surface area contributed by atoms with Crippen molar-refractivity contribution in [3.05, 3.63) is 29.3 Å². The Morgan fingerprint density at radius 3 is 1.94 bits per heavy atom. The first-order valence-electron chi connectivity index (χ1n) is 3.87. The number of primary amides is 1. The number of carboxylic acid groups (broad SMARTS) is 1. The molecule has 0 fully saturated rings. The topological polar surface area (TPSA) is 135 Å². The van der Waals surface area contributed by atoms with Gasteiger partial charge in [-0.3, -0.25) is 9.35 Å². The van der Waals surface area contributed by atoms with Gasteiger partial charge in [-0.2, -0.15) is 8.42 Å². The zero-order valence-electron chi connectivity index (χ0n) is 7.75. The molecule has 0 aliphatic carbocycles. The second-order valence-corrected chi connectivity index (χ2v) is 4.31. The summed E-state index contributed by atoms with van der Waals surface area (Å²) in [5.74, 6) is -2.43. The summed E-state index contributed by atoms with van der Waals surface area (Å²) in [5, 5.41) is 8.65. The number of hydrogen-bond donors (Lipinski definition) is 3. The van der Waals surface area contributed by atoms with E-state index in [0.29, 0.717) is 0 Å². The van der Waals surface area contributed by atoms with Gasteiger partial charge in [0.05, 0.1) is 10.5 Å². The van der Waals surface area contributed by atoms with Gasteiger partial charge < -0.3 is 10.8 Å². The average Bonchev–Trinajstić information content (AvgIpc) is 2.15. The average molecular weight is 269 g/mol. The predicted octanol–water partition coefficient (Wildman–Crippen LogP) is -0.918. The maximum absolute atomic E-state index is 10.8. The molecule has 0 saturated heterocycles. The van der Waals surface area contributed by atoms with Crippen molar-refractivity contribution in [2.24, 2.45) is 5.73 Å². The van der Waals surface area contributed by atoms with E-state index in [4.69, 9.17) is 15.4 Å². The Kier molecular flexibility index (Phi) is 5.30. The van der Waals surface area contributed by atoms with Crippen LogP contribution in [0.2, 0.25) is 0 Å². The van der Waals surface area contributed by atoms with Gasteiger partial charge in [-0.15, -0.1) is 0 Å². The van der Waals surface area contributed by atoms with Crippen LogP contribution in [0.1, 0.15) is 20.7 Å². The molecule has 0 bridgehead atoms. The summed E-state index contributed by atoms with van der Waals surface area (Å²) in [5.41, 5.74) is 4.12. The van der Waals surface area contributed by atoms with Crippen LogP contribution < -0.4 is 5.73 Å². The molecule has 1 aromatic carbocycles. The van der Waals surface area contributed by atoms with Crippen LogP contribution in [-0.4, -0.2) is 59.5 Å². The number of aromatic carboxylic acids is 1. The van der Waals surface area contributed by atoms with Gasteiger partial charge in [0.1, 0.15) is 0 Å². The molecule has 88 valence electrons. The normalized spacial score (nSPS) is 10.4. The summed E-state index contributed by atoms with van der Waals surface area (Å²) in [6, 6.07) is 2.44. The molecule has 9 heteroatoms. The fourth-order valence-electron chi connectivity index (χ4n) is 1.01. The van der Waals surface area contributed by atoms with Crippen molar-refractivity contribution in [1.29, 1.82) is 0 Å². The van der Waals surface area contributed by atoms with E-state index in [-0.39, 0.29) is 35.1 Å². The van der Waals surface area contributed by atoms with Crippen LogP contribution in [0.4, 0.5) is 0 Å². The number of carboxylic acids is 1. The fourth-order valence-corrected chi connectivity index (χ4v) is 1.57. The Bertz CT molecular complexity index is 535. The summed E-state index contributed by atoms with van der Waals surface area (Å²) in [6.45, 7) is 0. The van der Waals surface area contributed by atoms with Gasteiger partial charge in [0, 0.05) is 5.56 Å². The van der Waals surface area contributed by atoms with Crippen molar-refractivity contribution in [3.8, 4) is 0 Å². The molecular formula is C8H8NNaO6S. The molecule has 17 heavy (non-hydrogen) atoms. The van der Waals surface area contributed by atoms with E-state index in [1.807, 2.05) is 0 Å². The Balaban J connectivity index is 0.00000256. The number of carbonyl (C=O) groups is 2. The molecule has 1 rings (SSSR count). The van der Waals surface area contributed by atoms with Crippen LogP contribution in [0.15, 0.2) is 23.1 Å². The van der Waals surface area contributed by atoms with Crippen molar-refractivity contribution in [2.45, 2.75) is 4.90 Å². The first kappa shape index (κ1) is 16.1. The standard InChI is InChI=1S/C8H7NO6S.Na.H/c9-7(10)4-1-5(8(11)12)3-6(2-4)16(13,14)15;;/h1-3H,(H2,9,10)(H,11,12)(H,13,14,15);;. The molecule has 0 radical (unpaired) electrons. The minimum absolute atomic E-state index is 0. The fraction of sp³-hybridized carbons (Fsp3) is 0. The third kappa shape index (κ3) is 4.10. The van der Waals surface area contributed by atoms with E-state index >= 15 is 0 Å².